The van der Waals surface area contributed by atoms with Gasteiger partial charge in [0.25, 0.3) is 0 Å². The Morgan fingerprint density at radius 3 is 2.56 bits per heavy atom. The van der Waals surface area contributed by atoms with Crippen molar-refractivity contribution in [3.05, 3.63) is 40.5 Å². The standard InChI is InChI=1S/C11H5ClF3NO2/c12-7-3-1-2-5-6(10(17)18)4-8(11(13,14)15)16-9(5)7/h1-4H,(H,17,18). The van der Waals surface area contributed by atoms with Gasteiger partial charge in [-0.1, -0.05) is 23.7 Å². The average molecular weight is 276 g/mol. The van der Waals surface area contributed by atoms with Gasteiger partial charge in [-0.3, -0.25) is 0 Å². The monoisotopic (exact) mass is 275 g/mol. The van der Waals surface area contributed by atoms with E-state index in [9.17, 15) is 18.0 Å². The fourth-order valence-corrected chi connectivity index (χ4v) is 1.75. The highest BCUT2D eigenvalue weighted by atomic mass is 35.5. The van der Waals surface area contributed by atoms with E-state index in [1.54, 1.807) is 0 Å². The van der Waals surface area contributed by atoms with E-state index in [4.69, 9.17) is 16.7 Å². The second kappa shape index (κ2) is 4.13. The number of pyridine rings is 1. The van der Waals surface area contributed by atoms with E-state index in [1.165, 1.54) is 18.2 Å². The summed E-state index contributed by atoms with van der Waals surface area (Å²) in [4.78, 5) is 14.3. The number of nitrogens with zero attached hydrogens (tertiary/aromatic N) is 1. The Labute approximate surface area is 104 Å². The highest BCUT2D eigenvalue weighted by Crippen LogP contribution is 2.32. The first-order chi connectivity index (χ1) is 8.30. The van der Waals surface area contributed by atoms with Crippen molar-refractivity contribution in [2.45, 2.75) is 6.18 Å². The van der Waals surface area contributed by atoms with Gasteiger partial charge >= 0.3 is 12.1 Å². The Morgan fingerprint density at radius 2 is 2.00 bits per heavy atom. The average Bonchev–Trinajstić information content (AvgIpc) is 2.27. The second-order valence-corrected chi connectivity index (χ2v) is 3.90. The van der Waals surface area contributed by atoms with Crippen LogP contribution >= 0.6 is 11.6 Å². The Balaban J connectivity index is 2.88. The summed E-state index contributed by atoms with van der Waals surface area (Å²) in [7, 11) is 0. The Bertz CT molecular complexity index is 640. The molecule has 0 spiro atoms. The molecule has 0 saturated heterocycles. The maximum atomic E-state index is 12.6. The van der Waals surface area contributed by atoms with E-state index >= 15 is 0 Å². The van der Waals surface area contributed by atoms with Crippen molar-refractivity contribution in [1.82, 2.24) is 4.98 Å². The Morgan fingerprint density at radius 1 is 1.33 bits per heavy atom. The summed E-state index contributed by atoms with van der Waals surface area (Å²) in [5.41, 5.74) is -1.93. The Kier molecular flexibility index (Phi) is 2.90. The molecule has 0 fully saturated rings. The lowest BCUT2D eigenvalue weighted by molar-refractivity contribution is -0.140. The third-order valence-electron chi connectivity index (χ3n) is 2.31. The van der Waals surface area contributed by atoms with Crippen molar-refractivity contribution >= 4 is 28.5 Å². The van der Waals surface area contributed by atoms with Crippen molar-refractivity contribution in [2.24, 2.45) is 0 Å². The van der Waals surface area contributed by atoms with Crippen LogP contribution < -0.4 is 0 Å². The number of aromatic nitrogens is 1. The number of halogens is 4. The molecule has 0 bridgehead atoms. The number of hydrogen-bond donors (Lipinski definition) is 1. The van der Waals surface area contributed by atoms with Crippen LogP contribution in [0.2, 0.25) is 5.02 Å². The number of carboxylic acids is 1. The van der Waals surface area contributed by atoms with Gasteiger partial charge in [0, 0.05) is 5.39 Å². The predicted molar refractivity (Wildman–Crippen MR) is 58.7 cm³/mol. The first-order valence-corrected chi connectivity index (χ1v) is 5.08. The first kappa shape index (κ1) is 12.6. The van der Waals surface area contributed by atoms with Crippen LogP contribution in [0.3, 0.4) is 0 Å². The first-order valence-electron chi connectivity index (χ1n) is 4.70. The minimum atomic E-state index is -4.72. The van der Waals surface area contributed by atoms with E-state index in [1.807, 2.05) is 0 Å². The molecular formula is C11H5ClF3NO2. The summed E-state index contributed by atoms with van der Waals surface area (Å²) in [6.07, 6.45) is -4.72. The Hall–Kier alpha value is -1.82. The van der Waals surface area contributed by atoms with Crippen LogP contribution in [-0.2, 0) is 6.18 Å². The van der Waals surface area contributed by atoms with Gasteiger partial charge in [0.05, 0.1) is 16.1 Å². The molecule has 3 nitrogen and oxygen atoms in total. The van der Waals surface area contributed by atoms with Crippen LogP contribution in [0.4, 0.5) is 13.2 Å². The molecule has 0 saturated carbocycles. The normalized spacial score (nSPS) is 11.8. The van der Waals surface area contributed by atoms with Gasteiger partial charge in [0.2, 0.25) is 0 Å². The van der Waals surface area contributed by atoms with Gasteiger partial charge in [-0.15, -0.1) is 0 Å². The van der Waals surface area contributed by atoms with Crippen LogP contribution in [0.15, 0.2) is 24.3 Å². The molecule has 1 aromatic heterocycles. The number of carboxylic acid groups (broad SMARTS) is 1. The topological polar surface area (TPSA) is 50.2 Å². The highest BCUT2D eigenvalue weighted by Gasteiger charge is 2.34. The van der Waals surface area contributed by atoms with Crippen LogP contribution in [0.5, 0.6) is 0 Å². The van der Waals surface area contributed by atoms with Gasteiger partial charge in [0.15, 0.2) is 0 Å². The molecule has 18 heavy (non-hydrogen) atoms. The summed E-state index contributed by atoms with van der Waals surface area (Å²) in [6, 6.07) is 4.66. The molecule has 1 aromatic carbocycles. The molecule has 0 aliphatic heterocycles. The highest BCUT2D eigenvalue weighted by molar-refractivity contribution is 6.35. The number of benzene rings is 1. The maximum absolute atomic E-state index is 12.6. The molecule has 7 heteroatoms. The van der Waals surface area contributed by atoms with Gasteiger partial charge in [0.1, 0.15) is 5.69 Å². The van der Waals surface area contributed by atoms with E-state index in [-0.39, 0.29) is 15.9 Å². The van der Waals surface area contributed by atoms with Crippen LogP contribution in [0, 0.1) is 0 Å². The molecule has 94 valence electrons. The lowest BCUT2D eigenvalue weighted by atomic mass is 10.1. The predicted octanol–water partition coefficient (Wildman–Crippen LogP) is 3.61. The largest absolute Gasteiger partial charge is 0.478 e. The summed E-state index contributed by atoms with van der Waals surface area (Å²) < 4.78 is 37.8. The molecule has 0 atom stereocenters. The minimum Gasteiger partial charge on any atom is -0.478 e. The number of fused-ring (bicyclic) bond motifs is 1. The zero-order valence-electron chi connectivity index (χ0n) is 8.62. The number of aromatic carboxylic acids is 1. The third kappa shape index (κ3) is 2.11. The molecular weight excluding hydrogens is 271 g/mol. The van der Waals surface area contributed by atoms with Crippen LogP contribution in [0.1, 0.15) is 16.1 Å². The van der Waals surface area contributed by atoms with E-state index in [0.29, 0.717) is 6.07 Å². The molecule has 1 N–H and O–H groups in total. The number of rotatable bonds is 1. The van der Waals surface area contributed by atoms with Crippen LogP contribution in [-0.4, -0.2) is 16.1 Å². The number of hydrogen-bond acceptors (Lipinski definition) is 2. The van der Waals surface area contributed by atoms with Crippen molar-refractivity contribution in [2.75, 3.05) is 0 Å². The van der Waals surface area contributed by atoms with Crippen LogP contribution in [0.25, 0.3) is 10.9 Å². The number of carbonyl (C=O) groups is 1. The summed E-state index contributed by atoms with van der Waals surface area (Å²) in [5.74, 6) is -1.46. The SMILES string of the molecule is O=C(O)c1cc(C(F)(F)F)nc2c(Cl)cccc12. The fraction of sp³-hybridized carbons (Fsp3) is 0.0909. The van der Waals surface area contributed by atoms with Crippen molar-refractivity contribution < 1.29 is 23.1 Å². The second-order valence-electron chi connectivity index (χ2n) is 3.49. The molecule has 0 amide bonds. The van der Waals surface area contributed by atoms with E-state index in [2.05, 4.69) is 4.98 Å². The van der Waals surface area contributed by atoms with Gasteiger partial charge in [-0.25, -0.2) is 9.78 Å². The molecule has 2 aromatic rings. The summed E-state index contributed by atoms with van der Waals surface area (Å²) in [5, 5.41) is 8.97. The maximum Gasteiger partial charge on any atom is 0.433 e. The summed E-state index contributed by atoms with van der Waals surface area (Å²) in [6.45, 7) is 0. The summed E-state index contributed by atoms with van der Waals surface area (Å²) >= 11 is 5.73. The fourth-order valence-electron chi connectivity index (χ4n) is 1.54. The molecule has 0 unspecified atom stereocenters. The van der Waals surface area contributed by atoms with Crippen molar-refractivity contribution in [1.29, 1.82) is 0 Å². The number of para-hydroxylation sites is 1. The lowest BCUT2D eigenvalue weighted by Crippen LogP contribution is -2.11. The van der Waals surface area contributed by atoms with Gasteiger partial charge in [-0.2, -0.15) is 13.2 Å². The number of alkyl halides is 3. The molecule has 0 aliphatic rings. The molecule has 2 rings (SSSR count). The quantitative estimate of drug-likeness (QED) is 0.865. The smallest absolute Gasteiger partial charge is 0.433 e. The van der Waals surface area contributed by atoms with Gasteiger partial charge in [-0.05, 0) is 12.1 Å². The van der Waals surface area contributed by atoms with E-state index < -0.39 is 23.4 Å². The third-order valence-corrected chi connectivity index (χ3v) is 2.62. The molecule has 1 heterocycles. The molecule has 0 aliphatic carbocycles. The van der Waals surface area contributed by atoms with Crippen molar-refractivity contribution in [3.63, 3.8) is 0 Å². The van der Waals surface area contributed by atoms with Crippen molar-refractivity contribution in [3.8, 4) is 0 Å². The zero-order chi connectivity index (χ0) is 13.5. The molecule has 0 radical (unpaired) electrons. The van der Waals surface area contributed by atoms with E-state index in [0.717, 1.165) is 0 Å². The lowest BCUT2D eigenvalue weighted by Gasteiger charge is -2.10. The minimum absolute atomic E-state index is 0.0268. The zero-order valence-corrected chi connectivity index (χ0v) is 9.38. The van der Waals surface area contributed by atoms with Gasteiger partial charge < -0.3 is 5.11 Å².